The zero-order valence-electron chi connectivity index (χ0n) is 11.6. The Kier molecular flexibility index (Phi) is 4.20. The SMILES string of the molecule is COC(=O)C(O)Cn1c2ccc(Br)cc2c2cc(Br)ncc21. The number of aliphatic hydroxyl groups excluding tert-OH is 1. The topological polar surface area (TPSA) is 64.3 Å². The molecule has 0 spiro atoms. The zero-order valence-corrected chi connectivity index (χ0v) is 14.8. The van der Waals surface area contributed by atoms with Gasteiger partial charge in [-0.15, -0.1) is 0 Å². The molecule has 0 aliphatic rings. The van der Waals surface area contributed by atoms with Gasteiger partial charge >= 0.3 is 5.97 Å². The number of methoxy groups -OCH3 is 1. The first-order valence-electron chi connectivity index (χ1n) is 6.50. The van der Waals surface area contributed by atoms with Gasteiger partial charge in [-0.05, 0) is 40.2 Å². The molecule has 0 fully saturated rings. The number of carbonyl (C=O) groups excluding carboxylic acids is 1. The van der Waals surface area contributed by atoms with Crippen molar-refractivity contribution in [3.8, 4) is 0 Å². The predicted octanol–water partition coefficient (Wildman–Crippen LogP) is 3.25. The first-order valence-corrected chi connectivity index (χ1v) is 8.08. The molecule has 0 bridgehead atoms. The van der Waals surface area contributed by atoms with E-state index in [0.29, 0.717) is 0 Å². The Bertz CT molecular complexity index is 817. The monoisotopic (exact) mass is 426 g/mol. The van der Waals surface area contributed by atoms with Gasteiger partial charge in [-0.1, -0.05) is 15.9 Å². The molecule has 114 valence electrons. The van der Waals surface area contributed by atoms with Crippen LogP contribution in [0.2, 0.25) is 0 Å². The Hall–Kier alpha value is -1.44. The predicted molar refractivity (Wildman–Crippen MR) is 90.7 cm³/mol. The van der Waals surface area contributed by atoms with Gasteiger partial charge in [-0.2, -0.15) is 0 Å². The van der Waals surface area contributed by atoms with Gasteiger partial charge in [-0.25, -0.2) is 9.78 Å². The van der Waals surface area contributed by atoms with Crippen molar-refractivity contribution >= 4 is 59.6 Å². The number of esters is 1. The van der Waals surface area contributed by atoms with Crippen LogP contribution < -0.4 is 0 Å². The van der Waals surface area contributed by atoms with Crippen molar-refractivity contribution in [2.24, 2.45) is 0 Å². The number of nitrogens with zero attached hydrogens (tertiary/aromatic N) is 2. The summed E-state index contributed by atoms with van der Waals surface area (Å²) < 4.78 is 8.15. The molecule has 3 aromatic rings. The number of hydrogen-bond acceptors (Lipinski definition) is 4. The van der Waals surface area contributed by atoms with E-state index in [0.717, 1.165) is 30.9 Å². The Morgan fingerprint density at radius 3 is 2.77 bits per heavy atom. The molecule has 0 aliphatic carbocycles. The summed E-state index contributed by atoms with van der Waals surface area (Å²) >= 11 is 6.85. The van der Waals surface area contributed by atoms with Gasteiger partial charge in [0.25, 0.3) is 0 Å². The number of aliphatic hydroxyl groups is 1. The van der Waals surface area contributed by atoms with Crippen molar-refractivity contribution in [1.29, 1.82) is 0 Å². The molecule has 1 atom stereocenters. The van der Waals surface area contributed by atoms with E-state index in [1.807, 2.05) is 28.8 Å². The molecule has 2 heterocycles. The molecule has 7 heteroatoms. The molecular formula is C15H12Br2N2O3. The molecule has 2 aromatic heterocycles. The maximum atomic E-state index is 11.5. The summed E-state index contributed by atoms with van der Waals surface area (Å²) in [7, 11) is 1.26. The van der Waals surface area contributed by atoms with Crippen LogP contribution in [0.15, 0.2) is 39.5 Å². The van der Waals surface area contributed by atoms with Crippen LogP contribution in [0.3, 0.4) is 0 Å². The van der Waals surface area contributed by atoms with Gasteiger partial charge < -0.3 is 14.4 Å². The summed E-state index contributed by atoms with van der Waals surface area (Å²) in [5.74, 6) is -0.655. The highest BCUT2D eigenvalue weighted by Gasteiger charge is 2.20. The third kappa shape index (κ3) is 2.64. The zero-order chi connectivity index (χ0) is 15.9. The minimum atomic E-state index is -1.23. The third-order valence-electron chi connectivity index (χ3n) is 3.51. The van der Waals surface area contributed by atoms with Gasteiger partial charge in [0.2, 0.25) is 0 Å². The highest BCUT2D eigenvalue weighted by Crippen LogP contribution is 2.32. The van der Waals surface area contributed by atoms with Gasteiger partial charge in [0, 0.05) is 20.8 Å². The quantitative estimate of drug-likeness (QED) is 0.514. The van der Waals surface area contributed by atoms with Crippen LogP contribution in [-0.4, -0.2) is 33.8 Å². The number of carbonyl (C=O) groups is 1. The molecule has 1 unspecified atom stereocenters. The molecule has 0 amide bonds. The lowest BCUT2D eigenvalue weighted by molar-refractivity contribution is -0.150. The fourth-order valence-electron chi connectivity index (χ4n) is 2.52. The standard InChI is InChI=1S/C15H12Br2N2O3/c1-22-15(21)13(20)7-19-11-3-2-8(16)4-9(11)10-5-14(17)18-6-12(10)19/h2-6,13,20H,7H2,1H3. The van der Waals surface area contributed by atoms with E-state index in [9.17, 15) is 9.90 Å². The highest BCUT2D eigenvalue weighted by molar-refractivity contribution is 9.10. The van der Waals surface area contributed by atoms with Gasteiger partial charge in [0.1, 0.15) is 4.60 Å². The van der Waals surface area contributed by atoms with Crippen molar-refractivity contribution in [1.82, 2.24) is 9.55 Å². The Morgan fingerprint density at radius 2 is 2.05 bits per heavy atom. The normalized spacial score (nSPS) is 12.7. The highest BCUT2D eigenvalue weighted by atomic mass is 79.9. The fraction of sp³-hybridized carbons (Fsp3) is 0.200. The average molecular weight is 428 g/mol. The third-order valence-corrected chi connectivity index (χ3v) is 4.44. The second-order valence-corrected chi connectivity index (χ2v) is 6.56. The molecule has 5 nitrogen and oxygen atoms in total. The second kappa shape index (κ2) is 5.98. The van der Waals surface area contributed by atoms with Crippen LogP contribution in [0, 0.1) is 0 Å². The molecule has 0 aliphatic heterocycles. The number of rotatable bonds is 3. The fourth-order valence-corrected chi connectivity index (χ4v) is 3.22. The van der Waals surface area contributed by atoms with Crippen molar-refractivity contribution in [3.05, 3.63) is 39.5 Å². The van der Waals surface area contributed by atoms with Gasteiger partial charge in [-0.3, -0.25) is 0 Å². The molecule has 1 aromatic carbocycles. The van der Waals surface area contributed by atoms with E-state index < -0.39 is 12.1 Å². The lowest BCUT2D eigenvalue weighted by atomic mass is 10.2. The summed E-state index contributed by atoms with van der Waals surface area (Å²) in [6.45, 7) is 0.109. The summed E-state index contributed by atoms with van der Waals surface area (Å²) in [6, 6.07) is 7.79. The summed E-state index contributed by atoms with van der Waals surface area (Å²) in [4.78, 5) is 15.7. The molecule has 1 N–H and O–H groups in total. The lowest BCUT2D eigenvalue weighted by Gasteiger charge is -2.11. The first-order chi connectivity index (χ1) is 10.5. The Labute approximate surface area is 143 Å². The summed E-state index contributed by atoms with van der Waals surface area (Å²) in [5.41, 5.74) is 1.76. The number of fused-ring (bicyclic) bond motifs is 3. The van der Waals surface area contributed by atoms with Crippen LogP contribution in [-0.2, 0) is 16.1 Å². The molecule has 22 heavy (non-hydrogen) atoms. The van der Waals surface area contributed by atoms with E-state index in [4.69, 9.17) is 0 Å². The van der Waals surface area contributed by atoms with Crippen molar-refractivity contribution in [3.63, 3.8) is 0 Å². The number of aromatic nitrogens is 2. The summed E-state index contributed by atoms with van der Waals surface area (Å²) in [5, 5.41) is 12.0. The van der Waals surface area contributed by atoms with Crippen LogP contribution in [0.1, 0.15) is 0 Å². The Balaban J connectivity index is 2.24. The smallest absolute Gasteiger partial charge is 0.336 e. The average Bonchev–Trinajstić information content (AvgIpc) is 2.79. The van der Waals surface area contributed by atoms with Gasteiger partial charge in [0.05, 0.1) is 25.4 Å². The van der Waals surface area contributed by atoms with Crippen LogP contribution in [0.25, 0.3) is 21.8 Å². The van der Waals surface area contributed by atoms with E-state index in [-0.39, 0.29) is 6.54 Å². The molecular weight excluding hydrogens is 416 g/mol. The number of hydrogen-bond donors (Lipinski definition) is 1. The van der Waals surface area contributed by atoms with E-state index >= 15 is 0 Å². The number of pyridine rings is 1. The summed E-state index contributed by atoms with van der Waals surface area (Å²) in [6.07, 6.45) is 0.494. The number of ether oxygens (including phenoxy) is 1. The van der Waals surface area contributed by atoms with E-state index in [1.54, 1.807) is 6.20 Å². The minimum Gasteiger partial charge on any atom is -0.467 e. The largest absolute Gasteiger partial charge is 0.467 e. The molecule has 0 saturated carbocycles. The molecule has 3 rings (SSSR count). The maximum Gasteiger partial charge on any atom is 0.336 e. The first kappa shape index (κ1) is 15.5. The van der Waals surface area contributed by atoms with Crippen LogP contribution in [0.4, 0.5) is 0 Å². The number of benzene rings is 1. The van der Waals surface area contributed by atoms with Crippen LogP contribution >= 0.6 is 31.9 Å². The van der Waals surface area contributed by atoms with E-state index in [2.05, 4.69) is 41.6 Å². The molecule has 0 saturated heterocycles. The second-order valence-electron chi connectivity index (χ2n) is 4.84. The number of halogens is 2. The van der Waals surface area contributed by atoms with Crippen molar-refractivity contribution in [2.45, 2.75) is 12.6 Å². The van der Waals surface area contributed by atoms with E-state index in [1.165, 1.54) is 7.11 Å². The Morgan fingerprint density at radius 1 is 1.32 bits per heavy atom. The minimum absolute atomic E-state index is 0.109. The van der Waals surface area contributed by atoms with Crippen molar-refractivity contribution in [2.75, 3.05) is 7.11 Å². The van der Waals surface area contributed by atoms with Crippen LogP contribution in [0.5, 0.6) is 0 Å². The lowest BCUT2D eigenvalue weighted by Crippen LogP contribution is -2.26. The van der Waals surface area contributed by atoms with Crippen molar-refractivity contribution < 1.29 is 14.6 Å². The molecule has 0 radical (unpaired) electrons. The van der Waals surface area contributed by atoms with Gasteiger partial charge in [0.15, 0.2) is 6.10 Å². The maximum absolute atomic E-state index is 11.5.